The predicted molar refractivity (Wildman–Crippen MR) is 80.4 cm³/mol. The van der Waals surface area contributed by atoms with Crippen molar-refractivity contribution in [3.05, 3.63) is 0 Å². The standard InChI is InChI=1S/C15H22O11/c1-7(16)23-12-10(5-22-6-11(19)21-4)26-15(20)14(25-9(3)18)13(12)24-8(2)17/h10,12-15,20H,5-6H2,1-4H3/t10-,12+,13+,14-,15+/m1/s1. The lowest BCUT2D eigenvalue weighted by Gasteiger charge is -2.42. The molecule has 1 rings (SSSR count). The second-order valence-electron chi connectivity index (χ2n) is 5.38. The van der Waals surface area contributed by atoms with Crippen LogP contribution in [0.3, 0.4) is 0 Å². The number of carbonyl (C=O) groups is 4. The van der Waals surface area contributed by atoms with E-state index in [0.29, 0.717) is 0 Å². The fourth-order valence-corrected chi connectivity index (χ4v) is 2.32. The molecule has 0 unspecified atom stereocenters. The smallest absolute Gasteiger partial charge is 0.331 e. The molecule has 0 saturated carbocycles. The first kappa shape index (κ1) is 21.8. The summed E-state index contributed by atoms with van der Waals surface area (Å²) in [6, 6.07) is 0. The van der Waals surface area contributed by atoms with Gasteiger partial charge in [0.2, 0.25) is 0 Å². The third-order valence-corrected chi connectivity index (χ3v) is 3.25. The molecule has 11 nitrogen and oxygen atoms in total. The molecule has 0 spiro atoms. The molecule has 0 aromatic carbocycles. The van der Waals surface area contributed by atoms with Crippen LogP contribution in [0.2, 0.25) is 0 Å². The van der Waals surface area contributed by atoms with E-state index in [1.165, 1.54) is 7.11 Å². The average molecular weight is 378 g/mol. The van der Waals surface area contributed by atoms with Gasteiger partial charge in [0.05, 0.1) is 13.7 Å². The van der Waals surface area contributed by atoms with Gasteiger partial charge in [0, 0.05) is 20.8 Å². The highest BCUT2D eigenvalue weighted by Crippen LogP contribution is 2.28. The Kier molecular flexibility index (Phi) is 8.42. The van der Waals surface area contributed by atoms with E-state index in [4.69, 9.17) is 23.7 Å². The van der Waals surface area contributed by atoms with Crippen molar-refractivity contribution in [3.8, 4) is 0 Å². The molecule has 0 amide bonds. The zero-order valence-corrected chi connectivity index (χ0v) is 14.8. The van der Waals surface area contributed by atoms with E-state index < -0.39 is 61.2 Å². The van der Waals surface area contributed by atoms with Gasteiger partial charge in [0.15, 0.2) is 24.6 Å². The number of hydrogen-bond donors (Lipinski definition) is 1. The molecule has 1 fully saturated rings. The summed E-state index contributed by atoms with van der Waals surface area (Å²) >= 11 is 0. The van der Waals surface area contributed by atoms with Crippen LogP contribution in [0.15, 0.2) is 0 Å². The normalized spacial score (nSPS) is 28.0. The SMILES string of the molecule is COC(=O)COC[C@H]1O[C@H](O)[C@H](OC(C)=O)[C@@H](OC(C)=O)[C@H]1OC(C)=O. The summed E-state index contributed by atoms with van der Waals surface area (Å²) in [4.78, 5) is 45.2. The van der Waals surface area contributed by atoms with E-state index >= 15 is 0 Å². The zero-order chi connectivity index (χ0) is 19.9. The van der Waals surface area contributed by atoms with Crippen molar-refractivity contribution in [2.24, 2.45) is 0 Å². The lowest BCUT2D eigenvalue weighted by atomic mass is 9.98. The maximum Gasteiger partial charge on any atom is 0.331 e. The van der Waals surface area contributed by atoms with Crippen molar-refractivity contribution in [1.82, 2.24) is 0 Å². The number of aliphatic hydroxyl groups excluding tert-OH is 1. The van der Waals surface area contributed by atoms with Crippen LogP contribution >= 0.6 is 0 Å². The topological polar surface area (TPSA) is 144 Å². The van der Waals surface area contributed by atoms with E-state index in [1.54, 1.807) is 0 Å². The van der Waals surface area contributed by atoms with Gasteiger partial charge in [0.1, 0.15) is 12.7 Å². The Hall–Kier alpha value is -2.24. The third kappa shape index (κ3) is 6.58. The molecular weight excluding hydrogens is 356 g/mol. The molecule has 1 N–H and O–H groups in total. The van der Waals surface area contributed by atoms with Crippen LogP contribution in [0.4, 0.5) is 0 Å². The average Bonchev–Trinajstić information content (AvgIpc) is 2.52. The van der Waals surface area contributed by atoms with Gasteiger partial charge in [-0.2, -0.15) is 0 Å². The molecule has 1 aliphatic rings. The minimum atomic E-state index is -1.68. The Labute approximate surface area is 149 Å². The summed E-state index contributed by atoms with van der Waals surface area (Å²) in [5, 5.41) is 10.1. The Morgan fingerprint density at radius 1 is 0.885 bits per heavy atom. The first-order chi connectivity index (χ1) is 12.1. The van der Waals surface area contributed by atoms with Crippen molar-refractivity contribution in [2.75, 3.05) is 20.3 Å². The third-order valence-electron chi connectivity index (χ3n) is 3.25. The van der Waals surface area contributed by atoms with Crippen LogP contribution in [-0.4, -0.2) is 80.0 Å². The number of esters is 4. The molecule has 1 saturated heterocycles. The molecule has 0 aliphatic carbocycles. The van der Waals surface area contributed by atoms with Crippen LogP contribution in [0.1, 0.15) is 20.8 Å². The summed E-state index contributed by atoms with van der Waals surface area (Å²) in [6.07, 6.45) is -6.79. The summed E-state index contributed by atoms with van der Waals surface area (Å²) < 4.78 is 29.9. The Bertz CT molecular complexity index is 532. The summed E-state index contributed by atoms with van der Waals surface area (Å²) in [6.45, 7) is 2.59. The van der Waals surface area contributed by atoms with Crippen molar-refractivity contribution in [1.29, 1.82) is 0 Å². The van der Waals surface area contributed by atoms with Crippen molar-refractivity contribution < 1.29 is 52.7 Å². The highest BCUT2D eigenvalue weighted by Gasteiger charge is 2.51. The van der Waals surface area contributed by atoms with Crippen LogP contribution < -0.4 is 0 Å². The van der Waals surface area contributed by atoms with Crippen molar-refractivity contribution in [2.45, 2.75) is 51.5 Å². The fraction of sp³-hybridized carbons (Fsp3) is 0.733. The Morgan fingerprint density at radius 2 is 1.38 bits per heavy atom. The maximum atomic E-state index is 11.4. The van der Waals surface area contributed by atoms with Gasteiger partial charge in [-0.05, 0) is 0 Å². The number of methoxy groups -OCH3 is 1. The lowest BCUT2D eigenvalue weighted by molar-refractivity contribution is -0.297. The zero-order valence-electron chi connectivity index (χ0n) is 14.8. The number of aliphatic hydroxyl groups is 1. The van der Waals surface area contributed by atoms with E-state index in [0.717, 1.165) is 20.8 Å². The first-order valence-electron chi connectivity index (χ1n) is 7.65. The molecule has 11 heteroatoms. The Balaban J connectivity index is 3.01. The molecule has 0 bridgehead atoms. The van der Waals surface area contributed by atoms with Crippen LogP contribution in [0.5, 0.6) is 0 Å². The quantitative estimate of drug-likeness (QED) is 0.416. The van der Waals surface area contributed by atoms with Crippen molar-refractivity contribution in [3.63, 3.8) is 0 Å². The second kappa shape index (κ2) is 10.0. The highest BCUT2D eigenvalue weighted by molar-refractivity contribution is 5.70. The molecule has 1 aliphatic heterocycles. The van der Waals surface area contributed by atoms with Gasteiger partial charge in [-0.3, -0.25) is 14.4 Å². The molecule has 5 atom stereocenters. The van der Waals surface area contributed by atoms with Crippen LogP contribution in [0, 0.1) is 0 Å². The minimum Gasteiger partial charge on any atom is -0.467 e. The molecule has 0 aromatic rings. The first-order valence-corrected chi connectivity index (χ1v) is 7.65. The monoisotopic (exact) mass is 378 g/mol. The Morgan fingerprint density at radius 3 is 1.88 bits per heavy atom. The molecule has 0 aromatic heterocycles. The van der Waals surface area contributed by atoms with Crippen molar-refractivity contribution >= 4 is 23.9 Å². The van der Waals surface area contributed by atoms with Gasteiger partial charge >= 0.3 is 23.9 Å². The summed E-state index contributed by atoms with van der Waals surface area (Å²) in [5.74, 6) is -2.91. The molecule has 1 heterocycles. The van der Waals surface area contributed by atoms with Crippen LogP contribution in [-0.2, 0) is 47.6 Å². The number of carbonyl (C=O) groups excluding carboxylic acids is 4. The lowest BCUT2D eigenvalue weighted by Crippen LogP contribution is -2.62. The summed E-state index contributed by atoms with van der Waals surface area (Å²) in [7, 11) is 1.18. The van der Waals surface area contributed by atoms with E-state index in [-0.39, 0.29) is 6.61 Å². The molecule has 0 radical (unpaired) electrons. The van der Waals surface area contributed by atoms with E-state index in [9.17, 15) is 24.3 Å². The van der Waals surface area contributed by atoms with Gasteiger partial charge in [-0.25, -0.2) is 4.79 Å². The van der Waals surface area contributed by atoms with Gasteiger partial charge < -0.3 is 33.5 Å². The van der Waals surface area contributed by atoms with E-state index in [2.05, 4.69) is 4.74 Å². The second-order valence-corrected chi connectivity index (χ2v) is 5.38. The van der Waals surface area contributed by atoms with Gasteiger partial charge in [0.25, 0.3) is 0 Å². The molecule has 148 valence electrons. The number of rotatable bonds is 7. The molecular formula is C15H22O11. The van der Waals surface area contributed by atoms with E-state index in [1.807, 2.05) is 0 Å². The van der Waals surface area contributed by atoms with Gasteiger partial charge in [-0.1, -0.05) is 0 Å². The fourth-order valence-electron chi connectivity index (χ4n) is 2.32. The largest absolute Gasteiger partial charge is 0.467 e. The number of ether oxygens (including phenoxy) is 6. The maximum absolute atomic E-state index is 11.4. The van der Waals surface area contributed by atoms with Crippen LogP contribution in [0.25, 0.3) is 0 Å². The highest BCUT2D eigenvalue weighted by atomic mass is 16.7. The number of hydrogen-bond acceptors (Lipinski definition) is 11. The summed E-state index contributed by atoms with van der Waals surface area (Å²) in [5.41, 5.74) is 0. The molecule has 26 heavy (non-hydrogen) atoms. The minimum absolute atomic E-state index is 0.297. The predicted octanol–water partition coefficient (Wildman–Crippen LogP) is -1.31. The van der Waals surface area contributed by atoms with Gasteiger partial charge in [-0.15, -0.1) is 0 Å².